The molecule has 0 saturated carbocycles. The summed E-state index contributed by atoms with van der Waals surface area (Å²) in [5, 5.41) is 3.10. The Hall–Kier alpha value is -3.10. The highest BCUT2D eigenvalue weighted by atomic mass is 32.1. The van der Waals surface area contributed by atoms with Crippen molar-refractivity contribution in [3.05, 3.63) is 66.2 Å². The topological polar surface area (TPSA) is 75.9 Å². The molecular weight excluding hydrogens is 408 g/mol. The predicted octanol–water partition coefficient (Wildman–Crippen LogP) is 4.04. The lowest BCUT2D eigenvalue weighted by Crippen LogP contribution is -2.40. The van der Waals surface area contributed by atoms with Crippen LogP contribution in [-0.2, 0) is 11.3 Å². The molecule has 3 heterocycles. The van der Waals surface area contributed by atoms with Crippen molar-refractivity contribution in [3.8, 4) is 5.69 Å². The molecule has 7 nitrogen and oxygen atoms in total. The summed E-state index contributed by atoms with van der Waals surface area (Å²) < 4.78 is 10.6. The van der Waals surface area contributed by atoms with Crippen LogP contribution in [0.1, 0.15) is 24.2 Å². The Morgan fingerprint density at radius 1 is 1.16 bits per heavy atom. The van der Waals surface area contributed by atoms with Crippen molar-refractivity contribution in [2.75, 3.05) is 18.4 Å². The average Bonchev–Trinajstić information content (AvgIpc) is 3.43. The van der Waals surface area contributed by atoms with Gasteiger partial charge in [0, 0.05) is 36.9 Å². The minimum Gasteiger partial charge on any atom is -0.326 e. The molecule has 1 aliphatic rings. The lowest BCUT2D eigenvalue weighted by Gasteiger charge is -2.32. The number of carbonyl (C=O) groups excluding carboxylic acids is 1. The third-order valence-electron chi connectivity index (χ3n) is 5.84. The summed E-state index contributed by atoms with van der Waals surface area (Å²) in [4.78, 5) is 19.5. The fourth-order valence-corrected chi connectivity index (χ4v) is 4.72. The van der Waals surface area contributed by atoms with Crippen molar-refractivity contribution in [1.82, 2.24) is 23.2 Å². The molecule has 0 aliphatic carbocycles. The molecule has 31 heavy (non-hydrogen) atoms. The first-order chi connectivity index (χ1) is 15.2. The lowest BCUT2D eigenvalue weighted by atomic mass is 9.96. The third-order valence-corrected chi connectivity index (χ3v) is 6.40. The molecule has 1 atom stereocenters. The number of likely N-dealkylation sites (tertiary alicyclic amines) is 1. The molecule has 4 aromatic rings. The lowest BCUT2D eigenvalue weighted by molar-refractivity contribution is -0.121. The molecule has 2 aromatic heterocycles. The standard InChI is InChI=1S/C23H24N6OS/c1-16-24-10-12-29(16)20-7-5-19(6-8-20)25-23(30)18-3-2-11-28(15-18)14-17-4-9-21-22(13-17)27-31-26-21/h4-10,12-13,18H,2-3,11,14-15H2,1H3,(H,25,30). The van der Waals surface area contributed by atoms with Gasteiger partial charge >= 0.3 is 0 Å². The Balaban J connectivity index is 1.20. The number of piperidine rings is 1. The number of amides is 1. The number of nitrogens with zero attached hydrogens (tertiary/aromatic N) is 5. The number of aryl methyl sites for hydroxylation is 1. The summed E-state index contributed by atoms with van der Waals surface area (Å²) in [5.41, 5.74) is 4.96. The van der Waals surface area contributed by atoms with Crippen LogP contribution in [0.25, 0.3) is 16.7 Å². The van der Waals surface area contributed by atoms with E-state index in [0.717, 1.165) is 60.7 Å². The SMILES string of the molecule is Cc1nccn1-c1ccc(NC(=O)C2CCCN(Cc3ccc4nsnc4c3)C2)cc1. The fraction of sp³-hybridized carbons (Fsp3) is 0.304. The van der Waals surface area contributed by atoms with E-state index in [2.05, 4.69) is 36.1 Å². The van der Waals surface area contributed by atoms with E-state index in [0.29, 0.717) is 0 Å². The van der Waals surface area contributed by atoms with E-state index in [9.17, 15) is 4.79 Å². The Bertz CT molecular complexity index is 1200. The second-order valence-corrected chi connectivity index (χ2v) is 8.57. The molecule has 0 radical (unpaired) electrons. The number of rotatable bonds is 5. The van der Waals surface area contributed by atoms with E-state index >= 15 is 0 Å². The number of aromatic nitrogens is 4. The molecule has 1 amide bonds. The van der Waals surface area contributed by atoms with Gasteiger partial charge in [-0.3, -0.25) is 9.69 Å². The van der Waals surface area contributed by atoms with Gasteiger partial charge in [-0.1, -0.05) is 6.07 Å². The quantitative estimate of drug-likeness (QED) is 0.515. The van der Waals surface area contributed by atoms with Gasteiger partial charge in [0.25, 0.3) is 0 Å². The van der Waals surface area contributed by atoms with Gasteiger partial charge in [0.05, 0.1) is 17.6 Å². The molecule has 1 N–H and O–H groups in total. The first-order valence-electron chi connectivity index (χ1n) is 10.5. The van der Waals surface area contributed by atoms with Crippen molar-refractivity contribution in [2.45, 2.75) is 26.3 Å². The molecule has 1 aliphatic heterocycles. The summed E-state index contributed by atoms with van der Waals surface area (Å²) in [6, 6.07) is 14.1. The van der Waals surface area contributed by atoms with Gasteiger partial charge in [-0.05, 0) is 68.3 Å². The van der Waals surface area contributed by atoms with Crippen molar-refractivity contribution < 1.29 is 4.79 Å². The number of fused-ring (bicyclic) bond motifs is 1. The van der Waals surface area contributed by atoms with Crippen LogP contribution in [0.3, 0.4) is 0 Å². The molecule has 2 aromatic carbocycles. The molecule has 158 valence electrons. The fourth-order valence-electron chi connectivity index (χ4n) is 4.20. The Kier molecular flexibility index (Phi) is 5.48. The Morgan fingerprint density at radius 2 is 2.00 bits per heavy atom. The van der Waals surface area contributed by atoms with E-state index in [-0.39, 0.29) is 11.8 Å². The highest BCUT2D eigenvalue weighted by Crippen LogP contribution is 2.22. The van der Waals surface area contributed by atoms with Gasteiger partial charge in [-0.25, -0.2) is 4.98 Å². The van der Waals surface area contributed by atoms with E-state index < -0.39 is 0 Å². The largest absolute Gasteiger partial charge is 0.326 e. The summed E-state index contributed by atoms with van der Waals surface area (Å²) in [6.07, 6.45) is 5.66. The maximum absolute atomic E-state index is 12.9. The first kappa shape index (κ1) is 19.8. The van der Waals surface area contributed by atoms with E-state index in [1.54, 1.807) is 6.20 Å². The van der Waals surface area contributed by atoms with Crippen molar-refractivity contribution in [2.24, 2.45) is 5.92 Å². The molecule has 0 spiro atoms. The van der Waals surface area contributed by atoms with Crippen LogP contribution >= 0.6 is 11.7 Å². The predicted molar refractivity (Wildman–Crippen MR) is 122 cm³/mol. The zero-order valence-corrected chi connectivity index (χ0v) is 18.2. The third kappa shape index (κ3) is 4.35. The number of benzene rings is 2. The van der Waals surface area contributed by atoms with Crippen molar-refractivity contribution in [1.29, 1.82) is 0 Å². The highest BCUT2D eigenvalue weighted by Gasteiger charge is 2.26. The van der Waals surface area contributed by atoms with Gasteiger partial charge in [0.1, 0.15) is 16.9 Å². The first-order valence-corrected chi connectivity index (χ1v) is 11.2. The molecule has 1 fully saturated rings. The minimum atomic E-state index is -0.00556. The second-order valence-electron chi connectivity index (χ2n) is 8.04. The number of hydrogen-bond donors (Lipinski definition) is 1. The summed E-state index contributed by atoms with van der Waals surface area (Å²) in [7, 11) is 0. The number of anilines is 1. The Labute approximate surface area is 185 Å². The molecule has 1 unspecified atom stereocenters. The van der Waals surface area contributed by atoms with Crippen LogP contribution in [-0.4, -0.2) is 42.2 Å². The van der Waals surface area contributed by atoms with E-state index in [1.807, 2.05) is 48.0 Å². The van der Waals surface area contributed by atoms with Crippen molar-refractivity contribution in [3.63, 3.8) is 0 Å². The Morgan fingerprint density at radius 3 is 2.81 bits per heavy atom. The minimum absolute atomic E-state index is 0.00556. The van der Waals surface area contributed by atoms with Crippen LogP contribution < -0.4 is 5.32 Å². The number of nitrogens with one attached hydrogen (secondary N) is 1. The molecule has 1 saturated heterocycles. The summed E-state index contributed by atoms with van der Waals surface area (Å²) >= 11 is 1.24. The van der Waals surface area contributed by atoms with Crippen LogP contribution in [0, 0.1) is 12.8 Å². The molecule has 0 bridgehead atoms. The normalized spacial score (nSPS) is 17.1. The maximum atomic E-state index is 12.9. The molecule has 8 heteroatoms. The molecule has 5 rings (SSSR count). The van der Waals surface area contributed by atoms with Gasteiger partial charge in [0.2, 0.25) is 5.91 Å². The van der Waals surface area contributed by atoms with Gasteiger partial charge in [-0.15, -0.1) is 0 Å². The average molecular weight is 433 g/mol. The zero-order valence-electron chi connectivity index (χ0n) is 17.4. The number of carbonyl (C=O) groups is 1. The smallest absolute Gasteiger partial charge is 0.228 e. The van der Waals surface area contributed by atoms with Crippen LogP contribution in [0.5, 0.6) is 0 Å². The molecular formula is C23H24N6OS. The monoisotopic (exact) mass is 432 g/mol. The number of imidazole rings is 1. The zero-order chi connectivity index (χ0) is 21.2. The van der Waals surface area contributed by atoms with Crippen LogP contribution in [0.4, 0.5) is 5.69 Å². The van der Waals surface area contributed by atoms with Gasteiger partial charge < -0.3 is 9.88 Å². The second kappa shape index (κ2) is 8.56. The van der Waals surface area contributed by atoms with Gasteiger partial charge in [0.15, 0.2) is 0 Å². The van der Waals surface area contributed by atoms with E-state index in [1.165, 1.54) is 17.3 Å². The maximum Gasteiger partial charge on any atom is 0.228 e. The highest BCUT2D eigenvalue weighted by molar-refractivity contribution is 7.00. The summed E-state index contributed by atoms with van der Waals surface area (Å²) in [5.74, 6) is 1.02. The van der Waals surface area contributed by atoms with Gasteiger partial charge in [-0.2, -0.15) is 8.75 Å². The van der Waals surface area contributed by atoms with E-state index in [4.69, 9.17) is 0 Å². The van der Waals surface area contributed by atoms with Crippen molar-refractivity contribution >= 4 is 34.4 Å². The number of hydrogen-bond acceptors (Lipinski definition) is 6. The van der Waals surface area contributed by atoms with Crippen LogP contribution in [0.2, 0.25) is 0 Å². The summed E-state index contributed by atoms with van der Waals surface area (Å²) in [6.45, 7) is 4.58. The van der Waals surface area contributed by atoms with Crippen LogP contribution in [0.15, 0.2) is 54.9 Å².